The molecule has 0 saturated carbocycles. The Morgan fingerprint density at radius 3 is 0.952 bits per heavy atom. The molecule has 10 aromatic carbocycles. The van der Waals surface area contributed by atoms with Crippen LogP contribution in [0.25, 0.3) is 32.7 Å². The van der Waals surface area contributed by atoms with E-state index in [0.717, 1.165) is 34.1 Å². The van der Waals surface area contributed by atoms with Crippen LogP contribution in [0, 0.1) is 27.7 Å². The fourth-order valence-electron chi connectivity index (χ4n) is 9.89. The van der Waals surface area contributed by atoms with Gasteiger partial charge in [0.15, 0.2) is 0 Å². The van der Waals surface area contributed by atoms with Crippen LogP contribution in [0.3, 0.4) is 0 Å². The molecule has 0 unspecified atom stereocenters. The highest BCUT2D eigenvalue weighted by atomic mass is 15.1. The summed E-state index contributed by atoms with van der Waals surface area (Å²) in [7, 11) is 0. The molecule has 0 atom stereocenters. The third-order valence-electron chi connectivity index (χ3n) is 13.2. The highest BCUT2D eigenvalue weighted by molar-refractivity contribution is 5.95. The molecule has 302 valence electrons. The first kappa shape index (κ1) is 38.3. The minimum atomic E-state index is -0.636. The van der Waals surface area contributed by atoms with Gasteiger partial charge in [0.05, 0.1) is 5.41 Å². The molecule has 11 rings (SSSR count). The third-order valence-corrected chi connectivity index (χ3v) is 13.2. The van der Waals surface area contributed by atoms with Gasteiger partial charge in [0.25, 0.3) is 0 Å². The quantitative estimate of drug-likeness (QED) is 0.151. The zero-order valence-corrected chi connectivity index (χ0v) is 36.2. The van der Waals surface area contributed by atoms with Gasteiger partial charge in [-0.3, -0.25) is 0 Å². The van der Waals surface area contributed by atoms with Crippen molar-refractivity contribution in [1.29, 1.82) is 0 Å². The summed E-state index contributed by atoms with van der Waals surface area (Å²) in [4.78, 5) is 4.85. The predicted molar refractivity (Wildman–Crippen MR) is 267 cm³/mol. The molecule has 0 spiro atoms. The van der Waals surface area contributed by atoms with Gasteiger partial charge < -0.3 is 9.80 Å². The van der Waals surface area contributed by atoms with Crippen molar-refractivity contribution in [3.63, 3.8) is 0 Å². The average Bonchev–Trinajstić information content (AvgIpc) is 3.60. The standard InChI is InChI=1S/C61H48N2/c1-41-13-23-49(24-14-41)61(50-25-15-42(2)16-26-50)59-39-55(62(51-27-17-43(3)18-28-51)53-31-21-45-9-5-7-11-47(45)37-53)33-35-57(59)58-36-34-56(40-60(58)61)63(52-29-19-44(4)20-30-52)54-32-22-46-10-6-8-12-48(46)38-54/h5-40H,1-4H3. The first-order chi connectivity index (χ1) is 30.8. The van der Waals surface area contributed by atoms with Gasteiger partial charge in [0.1, 0.15) is 0 Å². The van der Waals surface area contributed by atoms with Gasteiger partial charge in [-0.15, -0.1) is 0 Å². The van der Waals surface area contributed by atoms with E-state index in [4.69, 9.17) is 0 Å². The molecule has 0 amide bonds. The van der Waals surface area contributed by atoms with Crippen LogP contribution >= 0.6 is 0 Å². The maximum Gasteiger partial charge on any atom is 0.0715 e. The lowest BCUT2D eigenvalue weighted by molar-refractivity contribution is 0.767. The van der Waals surface area contributed by atoms with Gasteiger partial charge in [0.2, 0.25) is 0 Å². The van der Waals surface area contributed by atoms with Crippen molar-refractivity contribution >= 4 is 55.7 Å². The zero-order valence-electron chi connectivity index (χ0n) is 36.2. The van der Waals surface area contributed by atoms with Crippen molar-refractivity contribution in [3.05, 3.63) is 263 Å². The predicted octanol–water partition coefficient (Wildman–Crippen LogP) is 16.5. The van der Waals surface area contributed by atoms with Crippen molar-refractivity contribution in [2.75, 3.05) is 9.80 Å². The van der Waals surface area contributed by atoms with E-state index in [1.807, 2.05) is 0 Å². The van der Waals surface area contributed by atoms with Crippen LogP contribution < -0.4 is 9.80 Å². The smallest absolute Gasteiger partial charge is 0.0715 e. The Bertz CT molecular complexity index is 3080. The number of fused-ring (bicyclic) bond motifs is 5. The molecular weight excluding hydrogens is 761 g/mol. The molecule has 0 N–H and O–H groups in total. The van der Waals surface area contributed by atoms with Crippen molar-refractivity contribution in [3.8, 4) is 11.1 Å². The highest BCUT2D eigenvalue weighted by Gasteiger charge is 2.47. The van der Waals surface area contributed by atoms with Crippen LogP contribution in [-0.4, -0.2) is 0 Å². The maximum atomic E-state index is 2.48. The Morgan fingerprint density at radius 1 is 0.270 bits per heavy atom. The van der Waals surface area contributed by atoms with Gasteiger partial charge in [0, 0.05) is 34.1 Å². The van der Waals surface area contributed by atoms with Gasteiger partial charge in [-0.05, 0) is 155 Å². The molecule has 2 nitrogen and oxygen atoms in total. The number of hydrogen-bond acceptors (Lipinski definition) is 2. The minimum absolute atomic E-state index is 0.636. The monoisotopic (exact) mass is 808 g/mol. The lowest BCUT2D eigenvalue weighted by Crippen LogP contribution is -2.29. The summed E-state index contributed by atoms with van der Waals surface area (Å²) in [6, 6.07) is 81.6. The van der Waals surface area contributed by atoms with Gasteiger partial charge in [-0.2, -0.15) is 0 Å². The van der Waals surface area contributed by atoms with Crippen molar-refractivity contribution in [2.24, 2.45) is 0 Å². The molecule has 1 aliphatic carbocycles. The van der Waals surface area contributed by atoms with Crippen LogP contribution in [0.1, 0.15) is 44.5 Å². The first-order valence-corrected chi connectivity index (χ1v) is 22.0. The molecule has 0 aliphatic heterocycles. The second-order valence-electron chi connectivity index (χ2n) is 17.3. The Balaban J connectivity index is 1.18. The van der Waals surface area contributed by atoms with Gasteiger partial charge >= 0.3 is 0 Å². The summed E-state index contributed by atoms with van der Waals surface area (Å²) in [6.07, 6.45) is 0. The fourth-order valence-corrected chi connectivity index (χ4v) is 9.89. The van der Waals surface area contributed by atoms with E-state index >= 15 is 0 Å². The van der Waals surface area contributed by atoms with E-state index < -0.39 is 5.41 Å². The largest absolute Gasteiger partial charge is 0.310 e. The SMILES string of the molecule is Cc1ccc(N(c2ccc3c(c2)C(c2ccc(C)cc2)(c2ccc(C)cc2)c2cc(N(c4ccc(C)cc4)c4ccc5ccccc5c4)ccc2-3)c2ccc3ccccc3c2)cc1. The van der Waals surface area contributed by atoms with Crippen LogP contribution in [0.4, 0.5) is 34.1 Å². The molecule has 0 heterocycles. The number of rotatable bonds is 8. The van der Waals surface area contributed by atoms with Crippen molar-refractivity contribution in [2.45, 2.75) is 33.1 Å². The van der Waals surface area contributed by atoms with Crippen LogP contribution in [-0.2, 0) is 5.41 Å². The first-order valence-electron chi connectivity index (χ1n) is 22.0. The zero-order chi connectivity index (χ0) is 42.7. The Morgan fingerprint density at radius 2 is 0.571 bits per heavy atom. The Kier molecular flexibility index (Phi) is 9.32. The molecule has 0 aromatic heterocycles. The summed E-state index contributed by atoms with van der Waals surface area (Å²) < 4.78 is 0. The van der Waals surface area contributed by atoms with Crippen LogP contribution in [0.2, 0.25) is 0 Å². The number of anilines is 6. The van der Waals surface area contributed by atoms with Crippen LogP contribution in [0.5, 0.6) is 0 Å². The van der Waals surface area contributed by atoms with Crippen molar-refractivity contribution < 1.29 is 0 Å². The number of benzene rings is 10. The van der Waals surface area contributed by atoms with E-state index in [1.165, 1.54) is 77.2 Å². The Labute approximate surface area is 371 Å². The van der Waals surface area contributed by atoms with E-state index in [2.05, 4.69) is 256 Å². The molecule has 0 saturated heterocycles. The van der Waals surface area contributed by atoms with Gasteiger partial charge in [-0.1, -0.05) is 168 Å². The average molecular weight is 809 g/mol. The molecule has 1 aliphatic rings. The molecular formula is C61H48N2. The van der Waals surface area contributed by atoms with E-state index in [-0.39, 0.29) is 0 Å². The van der Waals surface area contributed by atoms with Crippen LogP contribution in [0.15, 0.2) is 218 Å². The lowest BCUT2D eigenvalue weighted by Gasteiger charge is -2.36. The molecule has 0 radical (unpaired) electrons. The van der Waals surface area contributed by atoms with E-state index in [9.17, 15) is 0 Å². The topological polar surface area (TPSA) is 6.48 Å². The van der Waals surface area contributed by atoms with Crippen molar-refractivity contribution in [1.82, 2.24) is 0 Å². The molecule has 0 bridgehead atoms. The normalized spacial score (nSPS) is 12.6. The third kappa shape index (κ3) is 6.58. The molecule has 0 fully saturated rings. The lowest BCUT2D eigenvalue weighted by atomic mass is 9.67. The maximum absolute atomic E-state index is 2.48. The van der Waals surface area contributed by atoms with E-state index in [1.54, 1.807) is 0 Å². The second-order valence-corrected chi connectivity index (χ2v) is 17.3. The summed E-state index contributed by atoms with van der Waals surface area (Å²) in [6.45, 7) is 8.67. The Hall–Kier alpha value is -7.68. The van der Waals surface area contributed by atoms with Gasteiger partial charge in [-0.25, -0.2) is 0 Å². The molecule has 2 heteroatoms. The second kappa shape index (κ2) is 15.3. The highest BCUT2D eigenvalue weighted by Crippen LogP contribution is 2.58. The minimum Gasteiger partial charge on any atom is -0.310 e. The molecule has 63 heavy (non-hydrogen) atoms. The summed E-state index contributed by atoms with van der Waals surface area (Å²) >= 11 is 0. The summed E-state index contributed by atoms with van der Waals surface area (Å²) in [5.41, 5.74) is 18.5. The summed E-state index contributed by atoms with van der Waals surface area (Å²) in [5, 5.41) is 4.88. The molecule has 10 aromatic rings. The number of aryl methyl sites for hydroxylation is 4. The summed E-state index contributed by atoms with van der Waals surface area (Å²) in [5.74, 6) is 0. The van der Waals surface area contributed by atoms with E-state index in [0.29, 0.717) is 0 Å². The fraction of sp³-hybridized carbons (Fsp3) is 0.0820. The number of hydrogen-bond donors (Lipinski definition) is 0. The number of nitrogens with zero attached hydrogens (tertiary/aromatic N) is 2.